The third-order valence-electron chi connectivity index (χ3n) is 7.07. The normalized spacial score (nSPS) is 19.9. The summed E-state index contributed by atoms with van der Waals surface area (Å²) in [6.07, 6.45) is 9.22. The number of fused-ring (bicyclic) bond motifs is 1. The van der Waals surface area contributed by atoms with E-state index in [2.05, 4.69) is 29.6 Å². The van der Waals surface area contributed by atoms with E-state index in [9.17, 15) is 5.11 Å². The third kappa shape index (κ3) is 5.66. The Morgan fingerprint density at radius 1 is 1.00 bits per heavy atom. The second kappa shape index (κ2) is 11.1. The van der Waals surface area contributed by atoms with Crippen molar-refractivity contribution < 1.29 is 14.6 Å². The molecule has 8 nitrogen and oxygen atoms in total. The van der Waals surface area contributed by atoms with E-state index in [1.54, 1.807) is 14.2 Å². The fourth-order valence-corrected chi connectivity index (χ4v) is 5.17. The minimum absolute atomic E-state index is 0.0418. The molecule has 0 amide bonds. The molecule has 0 spiro atoms. The van der Waals surface area contributed by atoms with Crippen LogP contribution in [0.25, 0.3) is 0 Å². The lowest BCUT2D eigenvalue weighted by Gasteiger charge is -2.30. The van der Waals surface area contributed by atoms with Crippen LogP contribution in [0.2, 0.25) is 0 Å². The lowest BCUT2D eigenvalue weighted by atomic mass is 9.86. The molecule has 1 aromatic heterocycles. The molecule has 2 aliphatic rings. The van der Waals surface area contributed by atoms with Crippen molar-refractivity contribution in [3.63, 3.8) is 0 Å². The highest BCUT2D eigenvalue weighted by atomic mass is 16.5. The van der Waals surface area contributed by atoms with Gasteiger partial charge in [0.05, 0.1) is 19.9 Å². The van der Waals surface area contributed by atoms with E-state index >= 15 is 0 Å². The number of aromatic hydroxyl groups is 1. The summed E-state index contributed by atoms with van der Waals surface area (Å²) in [7, 11) is 7.25. The highest BCUT2D eigenvalue weighted by molar-refractivity contribution is 5.53. The van der Waals surface area contributed by atoms with Gasteiger partial charge in [0.15, 0.2) is 11.5 Å². The van der Waals surface area contributed by atoms with E-state index in [0.29, 0.717) is 30.0 Å². The lowest BCUT2D eigenvalue weighted by Crippen LogP contribution is -2.32. The highest BCUT2D eigenvalue weighted by Gasteiger charge is 2.24. The zero-order valence-electron chi connectivity index (χ0n) is 21.0. The fourth-order valence-electron chi connectivity index (χ4n) is 5.17. The predicted molar refractivity (Wildman–Crippen MR) is 135 cm³/mol. The molecule has 0 radical (unpaired) electrons. The Labute approximate surface area is 203 Å². The Morgan fingerprint density at radius 3 is 2.32 bits per heavy atom. The van der Waals surface area contributed by atoms with Crippen molar-refractivity contribution in [2.45, 2.75) is 64.0 Å². The average molecular weight is 470 g/mol. The lowest BCUT2D eigenvalue weighted by molar-refractivity contribution is 0.322. The Hall–Kier alpha value is -2.74. The van der Waals surface area contributed by atoms with Gasteiger partial charge in [-0.3, -0.25) is 0 Å². The van der Waals surface area contributed by atoms with Crippen LogP contribution in [0, 0.1) is 5.92 Å². The average Bonchev–Trinajstić information content (AvgIpc) is 2.85. The summed E-state index contributed by atoms with van der Waals surface area (Å²) in [6.45, 7) is 1.68. The second-order valence-corrected chi connectivity index (χ2v) is 9.74. The van der Waals surface area contributed by atoms with Gasteiger partial charge in [0.25, 0.3) is 0 Å². The Morgan fingerprint density at radius 2 is 1.68 bits per heavy atom. The maximum absolute atomic E-state index is 10.1. The van der Waals surface area contributed by atoms with Gasteiger partial charge < -0.3 is 30.1 Å². The number of phenols is 1. The summed E-state index contributed by atoms with van der Waals surface area (Å²) >= 11 is 0. The number of anilines is 2. The summed E-state index contributed by atoms with van der Waals surface area (Å²) in [5.41, 5.74) is 3.59. The molecule has 0 atom stereocenters. The van der Waals surface area contributed by atoms with Crippen molar-refractivity contribution in [1.29, 1.82) is 0 Å². The largest absolute Gasteiger partial charge is 0.502 e. The van der Waals surface area contributed by atoms with Gasteiger partial charge in [-0.1, -0.05) is 0 Å². The molecule has 1 aromatic carbocycles. The first-order valence-corrected chi connectivity index (χ1v) is 12.5. The van der Waals surface area contributed by atoms with Crippen molar-refractivity contribution >= 4 is 11.8 Å². The minimum atomic E-state index is 0.0418. The van der Waals surface area contributed by atoms with E-state index in [0.717, 1.165) is 49.6 Å². The van der Waals surface area contributed by atoms with Crippen molar-refractivity contribution in [2.75, 3.05) is 45.1 Å². The summed E-state index contributed by atoms with van der Waals surface area (Å²) < 4.78 is 10.5. The first-order chi connectivity index (χ1) is 16.5. The van der Waals surface area contributed by atoms with E-state index < -0.39 is 0 Å². The SMILES string of the molecule is COc1cc(CNCC2CCC(Nc3nc4c(c(N(C)C)n3)CCCC4)CC2)cc(OC)c1O. The zero-order chi connectivity index (χ0) is 24.1. The molecule has 3 N–H and O–H groups in total. The Balaban J connectivity index is 1.27. The smallest absolute Gasteiger partial charge is 0.225 e. The molecule has 1 saturated carbocycles. The molecule has 8 heteroatoms. The third-order valence-corrected chi connectivity index (χ3v) is 7.07. The second-order valence-electron chi connectivity index (χ2n) is 9.74. The van der Waals surface area contributed by atoms with Crippen LogP contribution < -0.4 is 25.0 Å². The van der Waals surface area contributed by atoms with Crippen LogP contribution in [0.15, 0.2) is 12.1 Å². The van der Waals surface area contributed by atoms with Crippen molar-refractivity contribution in [2.24, 2.45) is 5.92 Å². The maximum Gasteiger partial charge on any atom is 0.225 e. The number of nitrogens with zero attached hydrogens (tertiary/aromatic N) is 3. The van der Waals surface area contributed by atoms with Gasteiger partial charge in [0.2, 0.25) is 11.7 Å². The number of hydrogen-bond acceptors (Lipinski definition) is 8. The Bertz CT molecular complexity index is 948. The molecule has 2 aliphatic carbocycles. The van der Waals surface area contributed by atoms with Gasteiger partial charge in [0.1, 0.15) is 5.82 Å². The number of benzene rings is 1. The molecular formula is C26H39N5O3. The van der Waals surface area contributed by atoms with E-state index in [-0.39, 0.29) is 5.75 Å². The number of aromatic nitrogens is 2. The molecule has 34 heavy (non-hydrogen) atoms. The number of ether oxygens (including phenoxy) is 2. The number of methoxy groups -OCH3 is 2. The van der Waals surface area contributed by atoms with Crippen LogP contribution in [-0.4, -0.2) is 56.0 Å². The monoisotopic (exact) mass is 469 g/mol. The highest BCUT2D eigenvalue weighted by Crippen LogP contribution is 2.37. The van der Waals surface area contributed by atoms with Gasteiger partial charge in [-0.05, 0) is 81.5 Å². The molecule has 0 saturated heterocycles. The molecule has 2 aromatic rings. The van der Waals surface area contributed by atoms with Crippen LogP contribution in [0.1, 0.15) is 55.3 Å². The van der Waals surface area contributed by atoms with Gasteiger partial charge in [-0.25, -0.2) is 4.98 Å². The van der Waals surface area contributed by atoms with Crippen LogP contribution in [0.4, 0.5) is 11.8 Å². The van der Waals surface area contributed by atoms with Crippen LogP contribution >= 0.6 is 0 Å². The first kappa shape index (κ1) is 24.4. The molecule has 0 aliphatic heterocycles. The van der Waals surface area contributed by atoms with Crippen molar-refractivity contribution in [3.05, 3.63) is 29.0 Å². The number of aryl methyl sites for hydroxylation is 1. The fraction of sp³-hybridized carbons (Fsp3) is 0.615. The number of phenolic OH excluding ortho intramolecular Hbond substituents is 1. The number of nitrogens with one attached hydrogen (secondary N) is 2. The molecule has 0 bridgehead atoms. The number of rotatable bonds is 9. The molecule has 1 heterocycles. The molecular weight excluding hydrogens is 430 g/mol. The van der Waals surface area contributed by atoms with Gasteiger partial charge >= 0.3 is 0 Å². The summed E-state index contributed by atoms with van der Waals surface area (Å²) in [4.78, 5) is 11.9. The van der Waals surface area contributed by atoms with Crippen LogP contribution in [-0.2, 0) is 19.4 Å². The van der Waals surface area contributed by atoms with E-state index in [4.69, 9.17) is 19.4 Å². The quantitative estimate of drug-likeness (QED) is 0.509. The minimum Gasteiger partial charge on any atom is -0.502 e. The molecule has 1 fully saturated rings. The Kier molecular flexibility index (Phi) is 7.98. The molecule has 0 unspecified atom stereocenters. The zero-order valence-corrected chi connectivity index (χ0v) is 21.0. The van der Waals surface area contributed by atoms with Gasteiger partial charge in [-0.15, -0.1) is 0 Å². The van der Waals surface area contributed by atoms with E-state index in [1.807, 2.05) is 12.1 Å². The van der Waals surface area contributed by atoms with Crippen molar-refractivity contribution in [1.82, 2.24) is 15.3 Å². The first-order valence-electron chi connectivity index (χ1n) is 12.5. The van der Waals surface area contributed by atoms with E-state index in [1.165, 1.54) is 36.9 Å². The molecule has 186 valence electrons. The van der Waals surface area contributed by atoms with Crippen LogP contribution in [0.3, 0.4) is 0 Å². The topological polar surface area (TPSA) is 91.8 Å². The molecule has 4 rings (SSSR count). The summed E-state index contributed by atoms with van der Waals surface area (Å²) in [5.74, 6) is 3.43. The maximum atomic E-state index is 10.1. The summed E-state index contributed by atoms with van der Waals surface area (Å²) in [5, 5.41) is 17.3. The standard InChI is InChI=1S/C26H39N5O3/c1-31(2)25-20-7-5-6-8-21(20)29-26(30-25)28-19-11-9-17(10-12-19)15-27-16-18-13-22(33-3)24(32)23(14-18)34-4/h13-14,17,19,27,32H,5-12,15-16H2,1-4H3,(H,28,29,30). The summed E-state index contributed by atoms with van der Waals surface area (Å²) in [6, 6.07) is 4.14. The van der Waals surface area contributed by atoms with Gasteiger partial charge in [-0.2, -0.15) is 4.98 Å². The van der Waals surface area contributed by atoms with Crippen LogP contribution in [0.5, 0.6) is 17.2 Å². The van der Waals surface area contributed by atoms with Crippen molar-refractivity contribution in [3.8, 4) is 17.2 Å². The van der Waals surface area contributed by atoms with Gasteiger partial charge in [0, 0.05) is 32.2 Å². The number of hydrogen-bond donors (Lipinski definition) is 3. The predicted octanol–water partition coefficient (Wildman–Crippen LogP) is 3.90.